The molecule has 0 aliphatic carbocycles. The molecule has 1 heterocycles. The van der Waals surface area contributed by atoms with Crippen LogP contribution in [0.1, 0.15) is 18.5 Å². The predicted molar refractivity (Wildman–Crippen MR) is 89.1 cm³/mol. The Bertz CT molecular complexity index is 715. The average Bonchev–Trinajstić information content (AvgIpc) is 2.59. The summed E-state index contributed by atoms with van der Waals surface area (Å²) in [7, 11) is 0. The lowest BCUT2D eigenvalue weighted by molar-refractivity contribution is -0.682. The number of amides is 2. The summed E-state index contributed by atoms with van der Waals surface area (Å²) in [4.78, 5) is 25.9. The molecule has 0 saturated carbocycles. The summed E-state index contributed by atoms with van der Waals surface area (Å²) < 4.78 is 0. The number of carbonyl (C=O) groups excluding carboxylic acids is 2. The maximum absolute atomic E-state index is 12.6. The summed E-state index contributed by atoms with van der Waals surface area (Å²) in [5.41, 5.74) is 2.63. The quantitative estimate of drug-likeness (QED) is 0.894. The smallest absolute Gasteiger partial charge is 0.282 e. The summed E-state index contributed by atoms with van der Waals surface area (Å²) >= 11 is 0. The van der Waals surface area contributed by atoms with E-state index in [2.05, 4.69) is 24.4 Å². The van der Waals surface area contributed by atoms with Crippen molar-refractivity contribution in [2.45, 2.75) is 13.0 Å². The Labute approximate surface area is 135 Å². The van der Waals surface area contributed by atoms with Gasteiger partial charge in [0.2, 0.25) is 5.91 Å². The Hall–Kier alpha value is -2.66. The van der Waals surface area contributed by atoms with Gasteiger partial charge in [-0.25, -0.2) is 0 Å². The molecule has 1 atom stereocenters. The largest absolute Gasteiger partial charge is 0.333 e. The molecule has 3 rings (SSSR count). The lowest BCUT2D eigenvalue weighted by Gasteiger charge is -2.28. The first-order chi connectivity index (χ1) is 11.1. The molecule has 0 bridgehead atoms. The van der Waals surface area contributed by atoms with Crippen molar-refractivity contribution in [3.63, 3.8) is 0 Å². The minimum absolute atomic E-state index is 0.0601. The number of fused-ring (bicyclic) bond motifs is 1. The van der Waals surface area contributed by atoms with Crippen molar-refractivity contribution in [3.8, 4) is 0 Å². The van der Waals surface area contributed by atoms with Crippen LogP contribution in [0.2, 0.25) is 0 Å². The van der Waals surface area contributed by atoms with E-state index < -0.39 is 0 Å². The number of nitrogens with one attached hydrogen (secondary N) is 1. The van der Waals surface area contributed by atoms with E-state index in [-0.39, 0.29) is 24.4 Å². The van der Waals surface area contributed by atoms with Gasteiger partial charge in [-0.3, -0.25) is 14.5 Å². The summed E-state index contributed by atoms with van der Waals surface area (Å²) in [6, 6.07) is 17.6. The van der Waals surface area contributed by atoms with E-state index in [1.54, 1.807) is 4.90 Å². The van der Waals surface area contributed by atoms with Crippen molar-refractivity contribution in [2.75, 3.05) is 23.3 Å². The number of carbonyl (C=O) groups is 2. The van der Waals surface area contributed by atoms with E-state index in [1.807, 2.05) is 47.8 Å². The molecule has 118 valence electrons. The normalized spacial score (nSPS) is 14.8. The van der Waals surface area contributed by atoms with E-state index in [4.69, 9.17) is 0 Å². The number of anilines is 2. The van der Waals surface area contributed by atoms with Crippen LogP contribution in [-0.4, -0.2) is 24.9 Å². The third-order valence-corrected chi connectivity index (χ3v) is 4.04. The van der Waals surface area contributed by atoms with Crippen LogP contribution in [0.5, 0.6) is 0 Å². The third kappa shape index (κ3) is 3.40. The van der Waals surface area contributed by atoms with Gasteiger partial charge in [-0.05, 0) is 19.1 Å². The molecular formula is C18H20N3O2+. The molecule has 0 radical (unpaired) electrons. The first kappa shape index (κ1) is 15.2. The van der Waals surface area contributed by atoms with Crippen LogP contribution in [0, 0.1) is 0 Å². The fraction of sp³-hybridized carbons (Fsp3) is 0.222. The van der Waals surface area contributed by atoms with Gasteiger partial charge in [0, 0.05) is 5.56 Å². The van der Waals surface area contributed by atoms with Crippen LogP contribution in [0.4, 0.5) is 11.4 Å². The molecule has 1 aliphatic heterocycles. The van der Waals surface area contributed by atoms with Gasteiger partial charge in [0.25, 0.3) is 5.91 Å². The van der Waals surface area contributed by atoms with Crippen molar-refractivity contribution in [3.05, 3.63) is 60.2 Å². The van der Waals surface area contributed by atoms with Gasteiger partial charge >= 0.3 is 0 Å². The van der Waals surface area contributed by atoms with Gasteiger partial charge in [-0.2, -0.15) is 0 Å². The molecule has 5 nitrogen and oxygen atoms in total. The first-order valence-corrected chi connectivity index (χ1v) is 7.72. The van der Waals surface area contributed by atoms with Gasteiger partial charge in [0.1, 0.15) is 12.6 Å². The second-order valence-electron chi connectivity index (χ2n) is 5.68. The van der Waals surface area contributed by atoms with Crippen LogP contribution in [0.25, 0.3) is 0 Å². The minimum atomic E-state index is -0.159. The molecule has 1 aliphatic rings. The monoisotopic (exact) mass is 310 g/mol. The van der Waals surface area contributed by atoms with E-state index in [9.17, 15) is 9.59 Å². The molecule has 0 aromatic heterocycles. The van der Waals surface area contributed by atoms with Gasteiger partial charge in [-0.1, -0.05) is 42.5 Å². The highest BCUT2D eigenvalue weighted by molar-refractivity contribution is 6.10. The maximum Gasteiger partial charge on any atom is 0.282 e. The van der Waals surface area contributed by atoms with Crippen LogP contribution in [0.3, 0.4) is 0 Å². The Kier molecular flexibility index (Phi) is 4.39. The first-order valence-electron chi connectivity index (χ1n) is 7.72. The van der Waals surface area contributed by atoms with E-state index in [0.29, 0.717) is 12.2 Å². The van der Waals surface area contributed by atoms with Crippen LogP contribution in [0.15, 0.2) is 54.6 Å². The molecule has 23 heavy (non-hydrogen) atoms. The Morgan fingerprint density at radius 2 is 1.87 bits per heavy atom. The predicted octanol–water partition coefficient (Wildman–Crippen LogP) is 1.30. The molecule has 2 amide bonds. The summed E-state index contributed by atoms with van der Waals surface area (Å²) in [5, 5.41) is 4.79. The van der Waals surface area contributed by atoms with Crippen molar-refractivity contribution in [1.82, 2.24) is 0 Å². The van der Waals surface area contributed by atoms with Gasteiger partial charge in [0.05, 0.1) is 11.4 Å². The molecule has 2 aromatic carbocycles. The van der Waals surface area contributed by atoms with E-state index >= 15 is 0 Å². The van der Waals surface area contributed by atoms with E-state index in [1.165, 1.54) is 5.56 Å². The SMILES string of the molecule is C[C@@H]([NH2+]CC(=O)N1CC(=O)Nc2ccccc21)c1ccccc1. The number of hydrogen-bond acceptors (Lipinski definition) is 2. The third-order valence-electron chi connectivity index (χ3n) is 4.04. The topological polar surface area (TPSA) is 66.0 Å². The van der Waals surface area contributed by atoms with Crippen molar-refractivity contribution >= 4 is 23.2 Å². The number of hydrogen-bond donors (Lipinski definition) is 2. The number of rotatable bonds is 4. The highest BCUT2D eigenvalue weighted by Crippen LogP contribution is 2.28. The van der Waals surface area contributed by atoms with Crippen LogP contribution >= 0.6 is 0 Å². The fourth-order valence-corrected chi connectivity index (χ4v) is 2.74. The average molecular weight is 310 g/mol. The van der Waals surface area contributed by atoms with Crippen LogP contribution < -0.4 is 15.5 Å². The Morgan fingerprint density at radius 1 is 1.17 bits per heavy atom. The number of para-hydroxylation sites is 2. The summed E-state index contributed by atoms with van der Waals surface area (Å²) in [6.07, 6.45) is 0. The van der Waals surface area contributed by atoms with Gasteiger partial charge in [-0.15, -0.1) is 0 Å². The maximum atomic E-state index is 12.6. The zero-order chi connectivity index (χ0) is 16.2. The number of nitrogens with zero attached hydrogens (tertiary/aromatic N) is 1. The highest BCUT2D eigenvalue weighted by Gasteiger charge is 2.27. The molecule has 0 unspecified atom stereocenters. The molecule has 2 aromatic rings. The molecule has 3 N–H and O–H groups in total. The van der Waals surface area contributed by atoms with Crippen molar-refractivity contribution < 1.29 is 14.9 Å². The lowest BCUT2D eigenvalue weighted by Crippen LogP contribution is -2.87. The van der Waals surface area contributed by atoms with Crippen LogP contribution in [-0.2, 0) is 9.59 Å². The molecule has 0 fully saturated rings. The van der Waals surface area contributed by atoms with Gasteiger partial charge in [0.15, 0.2) is 6.54 Å². The molecule has 5 heteroatoms. The van der Waals surface area contributed by atoms with Gasteiger partial charge < -0.3 is 10.6 Å². The number of quaternary nitrogens is 1. The second-order valence-corrected chi connectivity index (χ2v) is 5.68. The zero-order valence-electron chi connectivity index (χ0n) is 13.0. The fourth-order valence-electron chi connectivity index (χ4n) is 2.74. The molecular weight excluding hydrogens is 290 g/mol. The molecule has 0 spiro atoms. The lowest BCUT2D eigenvalue weighted by atomic mass is 10.1. The zero-order valence-corrected chi connectivity index (χ0v) is 13.0. The molecule has 0 saturated heterocycles. The number of benzene rings is 2. The Balaban J connectivity index is 1.68. The summed E-state index contributed by atoms with van der Waals surface area (Å²) in [6.45, 7) is 2.44. The van der Waals surface area contributed by atoms with Crippen molar-refractivity contribution in [1.29, 1.82) is 0 Å². The van der Waals surface area contributed by atoms with Crippen molar-refractivity contribution in [2.24, 2.45) is 0 Å². The summed E-state index contributed by atoms with van der Waals surface area (Å²) in [5.74, 6) is -0.219. The highest BCUT2D eigenvalue weighted by atomic mass is 16.2. The minimum Gasteiger partial charge on any atom is -0.333 e. The Morgan fingerprint density at radius 3 is 2.65 bits per heavy atom. The number of nitrogens with two attached hydrogens (primary N) is 1. The standard InChI is InChI=1S/C18H19N3O2/c1-13(14-7-3-2-4-8-14)19-11-18(23)21-12-17(22)20-15-9-5-6-10-16(15)21/h2-10,13,19H,11-12H2,1H3,(H,20,22)/p+1/t13-/m1/s1. The van der Waals surface area contributed by atoms with E-state index in [0.717, 1.165) is 5.69 Å². The second kappa shape index (κ2) is 6.62.